The molecular formula is C18H25N3O3. The number of unbranched alkanes of at least 4 members (excludes halogenated alkanes) is 1. The Morgan fingerprint density at radius 3 is 2.67 bits per heavy atom. The molecule has 6 nitrogen and oxygen atoms in total. The summed E-state index contributed by atoms with van der Waals surface area (Å²) in [7, 11) is 1.85. The van der Waals surface area contributed by atoms with Crippen LogP contribution in [-0.4, -0.2) is 28.9 Å². The molecule has 6 heteroatoms. The van der Waals surface area contributed by atoms with Crippen molar-refractivity contribution in [2.75, 3.05) is 18.5 Å². The van der Waals surface area contributed by atoms with Gasteiger partial charge in [0.2, 0.25) is 0 Å². The van der Waals surface area contributed by atoms with E-state index in [2.05, 4.69) is 17.6 Å². The first kappa shape index (κ1) is 17.9. The zero-order valence-electron chi connectivity index (χ0n) is 14.2. The summed E-state index contributed by atoms with van der Waals surface area (Å²) in [6, 6.07) is 10.5. The number of ether oxygens (including phenoxy) is 1. The van der Waals surface area contributed by atoms with Crippen molar-refractivity contribution in [2.45, 2.75) is 25.9 Å². The van der Waals surface area contributed by atoms with E-state index < -0.39 is 6.10 Å². The average Bonchev–Trinajstić information content (AvgIpc) is 3.01. The molecule has 1 aromatic heterocycles. The number of carbonyl (C=O) groups is 1. The highest BCUT2D eigenvalue weighted by atomic mass is 16.5. The zero-order chi connectivity index (χ0) is 17.4. The molecule has 1 aromatic carbocycles. The lowest BCUT2D eigenvalue weighted by Crippen LogP contribution is -2.32. The molecule has 2 rings (SSSR count). The van der Waals surface area contributed by atoms with Gasteiger partial charge in [0.1, 0.15) is 11.9 Å². The van der Waals surface area contributed by atoms with E-state index in [1.54, 1.807) is 12.1 Å². The number of nitrogens with zero attached hydrogens (tertiary/aromatic N) is 1. The lowest BCUT2D eigenvalue weighted by atomic mass is 10.2. The Labute approximate surface area is 142 Å². The molecular weight excluding hydrogens is 306 g/mol. The van der Waals surface area contributed by atoms with Crippen LogP contribution in [0.5, 0.6) is 5.75 Å². The average molecular weight is 331 g/mol. The first-order valence-corrected chi connectivity index (χ1v) is 8.17. The summed E-state index contributed by atoms with van der Waals surface area (Å²) in [4.78, 5) is 11.9. The fraction of sp³-hybridized carbons (Fsp3) is 0.389. The van der Waals surface area contributed by atoms with Crippen molar-refractivity contribution in [1.29, 1.82) is 0 Å². The van der Waals surface area contributed by atoms with Crippen LogP contribution in [0, 0.1) is 0 Å². The molecule has 2 aromatic rings. The molecule has 0 fully saturated rings. The number of anilines is 1. The third-order valence-electron chi connectivity index (χ3n) is 3.66. The fourth-order valence-corrected chi connectivity index (χ4v) is 2.26. The summed E-state index contributed by atoms with van der Waals surface area (Å²) < 4.78 is 7.40. The lowest BCUT2D eigenvalue weighted by molar-refractivity contribution is 0.167. The smallest absolute Gasteiger partial charge is 0.319 e. The molecule has 0 radical (unpaired) electrons. The van der Waals surface area contributed by atoms with Gasteiger partial charge in [-0.25, -0.2) is 4.79 Å². The van der Waals surface area contributed by atoms with Gasteiger partial charge in [-0.2, -0.15) is 0 Å². The summed E-state index contributed by atoms with van der Waals surface area (Å²) in [6.07, 6.45) is 3.22. The maximum atomic E-state index is 11.9. The maximum Gasteiger partial charge on any atom is 0.319 e. The van der Waals surface area contributed by atoms with Crippen LogP contribution in [0.4, 0.5) is 10.5 Å². The Morgan fingerprint density at radius 2 is 2.04 bits per heavy atom. The van der Waals surface area contributed by atoms with E-state index in [0.29, 0.717) is 12.3 Å². The van der Waals surface area contributed by atoms with E-state index >= 15 is 0 Å². The molecule has 0 bridgehead atoms. The Morgan fingerprint density at radius 1 is 1.29 bits per heavy atom. The van der Waals surface area contributed by atoms with Gasteiger partial charge in [-0.3, -0.25) is 0 Å². The van der Waals surface area contributed by atoms with E-state index in [1.165, 1.54) is 0 Å². The van der Waals surface area contributed by atoms with Crippen LogP contribution in [0.15, 0.2) is 42.6 Å². The topological polar surface area (TPSA) is 75.5 Å². The predicted molar refractivity (Wildman–Crippen MR) is 94.2 cm³/mol. The summed E-state index contributed by atoms with van der Waals surface area (Å²) in [5.74, 6) is 0.786. The second-order valence-corrected chi connectivity index (χ2v) is 5.62. The zero-order valence-corrected chi connectivity index (χ0v) is 14.2. The minimum Gasteiger partial charge on any atom is -0.494 e. The van der Waals surface area contributed by atoms with Gasteiger partial charge in [-0.05, 0) is 42.8 Å². The van der Waals surface area contributed by atoms with Gasteiger partial charge in [0.05, 0.1) is 13.2 Å². The minimum absolute atomic E-state index is 0.141. The van der Waals surface area contributed by atoms with Crippen LogP contribution in [0.2, 0.25) is 0 Å². The van der Waals surface area contributed by atoms with E-state index in [-0.39, 0.29) is 12.6 Å². The first-order valence-electron chi connectivity index (χ1n) is 8.17. The summed E-state index contributed by atoms with van der Waals surface area (Å²) in [5.41, 5.74) is 1.42. The largest absolute Gasteiger partial charge is 0.494 e. The third kappa shape index (κ3) is 5.31. The molecule has 130 valence electrons. The number of aromatic nitrogens is 1. The minimum atomic E-state index is -0.745. The number of amides is 2. The van der Waals surface area contributed by atoms with Crippen LogP contribution in [0.3, 0.4) is 0 Å². The standard InChI is InChI=1S/C18H25N3O3/c1-3-4-12-24-15-9-7-14(8-10-15)20-18(23)19-13-17(22)16-6-5-11-21(16)2/h5-11,17,22H,3-4,12-13H2,1-2H3,(H2,19,20,23). The van der Waals surface area contributed by atoms with Gasteiger partial charge >= 0.3 is 6.03 Å². The van der Waals surface area contributed by atoms with Crippen molar-refractivity contribution in [1.82, 2.24) is 9.88 Å². The quantitative estimate of drug-likeness (QED) is 0.651. The van der Waals surface area contributed by atoms with Crippen molar-refractivity contribution < 1.29 is 14.6 Å². The lowest BCUT2D eigenvalue weighted by Gasteiger charge is -2.14. The monoisotopic (exact) mass is 331 g/mol. The highest BCUT2D eigenvalue weighted by Crippen LogP contribution is 2.16. The van der Waals surface area contributed by atoms with Crippen LogP contribution < -0.4 is 15.4 Å². The van der Waals surface area contributed by atoms with Gasteiger partial charge < -0.3 is 25.0 Å². The predicted octanol–water partition coefficient (Wildman–Crippen LogP) is 3.06. The maximum absolute atomic E-state index is 11.9. The molecule has 24 heavy (non-hydrogen) atoms. The van der Waals surface area contributed by atoms with Crippen molar-refractivity contribution in [3.8, 4) is 5.75 Å². The number of urea groups is 1. The molecule has 0 saturated carbocycles. The van der Waals surface area contributed by atoms with Crippen molar-refractivity contribution in [3.05, 3.63) is 48.3 Å². The van der Waals surface area contributed by atoms with Crippen LogP contribution in [0.25, 0.3) is 0 Å². The van der Waals surface area contributed by atoms with Crippen molar-refractivity contribution >= 4 is 11.7 Å². The van der Waals surface area contributed by atoms with Crippen molar-refractivity contribution in [3.63, 3.8) is 0 Å². The van der Waals surface area contributed by atoms with Crippen LogP contribution in [-0.2, 0) is 7.05 Å². The van der Waals surface area contributed by atoms with Gasteiger partial charge in [0.25, 0.3) is 0 Å². The summed E-state index contributed by atoms with van der Waals surface area (Å²) in [6.45, 7) is 2.95. The number of aliphatic hydroxyl groups excluding tert-OH is 1. The molecule has 1 unspecified atom stereocenters. The van der Waals surface area contributed by atoms with E-state index in [9.17, 15) is 9.90 Å². The van der Waals surface area contributed by atoms with Gasteiger partial charge in [0, 0.05) is 24.6 Å². The number of rotatable bonds is 8. The van der Waals surface area contributed by atoms with Crippen LogP contribution >= 0.6 is 0 Å². The number of aryl methyl sites for hydroxylation is 1. The van der Waals surface area contributed by atoms with Gasteiger partial charge in [-0.15, -0.1) is 0 Å². The van der Waals surface area contributed by atoms with Crippen molar-refractivity contribution in [2.24, 2.45) is 7.05 Å². The van der Waals surface area contributed by atoms with Gasteiger partial charge in [0.15, 0.2) is 0 Å². The van der Waals surface area contributed by atoms with E-state index in [1.807, 2.05) is 42.1 Å². The SMILES string of the molecule is CCCCOc1ccc(NC(=O)NCC(O)c2cccn2C)cc1. The number of aliphatic hydroxyl groups is 1. The molecule has 0 spiro atoms. The van der Waals surface area contributed by atoms with Crippen LogP contribution in [0.1, 0.15) is 31.6 Å². The highest BCUT2D eigenvalue weighted by Gasteiger charge is 2.11. The van der Waals surface area contributed by atoms with Gasteiger partial charge in [-0.1, -0.05) is 13.3 Å². The van der Waals surface area contributed by atoms with E-state index in [4.69, 9.17) is 4.74 Å². The highest BCUT2D eigenvalue weighted by molar-refractivity contribution is 5.89. The fourth-order valence-electron chi connectivity index (χ4n) is 2.26. The molecule has 0 aliphatic rings. The normalized spacial score (nSPS) is 11.8. The number of benzene rings is 1. The third-order valence-corrected chi connectivity index (χ3v) is 3.66. The Hall–Kier alpha value is -2.47. The molecule has 1 heterocycles. The number of nitrogens with one attached hydrogen (secondary N) is 2. The molecule has 3 N–H and O–H groups in total. The summed E-state index contributed by atoms with van der Waals surface area (Å²) in [5, 5.41) is 15.5. The second-order valence-electron chi connectivity index (χ2n) is 5.62. The Bertz CT molecular complexity index is 637. The number of hydrogen-bond donors (Lipinski definition) is 3. The summed E-state index contributed by atoms with van der Waals surface area (Å²) >= 11 is 0. The Kier molecular flexibility index (Phi) is 6.69. The second kappa shape index (κ2) is 8.98. The molecule has 0 aliphatic heterocycles. The number of hydrogen-bond acceptors (Lipinski definition) is 3. The molecule has 2 amide bonds. The Balaban J connectivity index is 1.76. The molecule has 0 aliphatic carbocycles. The molecule has 0 saturated heterocycles. The molecule has 1 atom stereocenters. The van der Waals surface area contributed by atoms with E-state index in [0.717, 1.165) is 24.3 Å². The first-order chi connectivity index (χ1) is 11.6. The number of carbonyl (C=O) groups excluding carboxylic acids is 1.